The highest BCUT2D eigenvalue weighted by Gasteiger charge is 2.20. The van der Waals surface area contributed by atoms with Crippen molar-refractivity contribution in [3.8, 4) is 22.3 Å². The summed E-state index contributed by atoms with van der Waals surface area (Å²) in [5.41, 5.74) is 4.59. The van der Waals surface area contributed by atoms with E-state index in [-0.39, 0.29) is 11.9 Å². The minimum Gasteiger partial charge on any atom is -0.349 e. The van der Waals surface area contributed by atoms with E-state index in [1.807, 2.05) is 37.1 Å². The molecule has 0 saturated carbocycles. The van der Waals surface area contributed by atoms with Crippen molar-refractivity contribution in [1.29, 1.82) is 0 Å². The number of nitrogens with one attached hydrogen (secondary N) is 1. The Kier molecular flexibility index (Phi) is 4.84. The minimum atomic E-state index is 0.00380. The quantitative estimate of drug-likeness (QED) is 0.548. The second kappa shape index (κ2) is 7.66. The van der Waals surface area contributed by atoms with Crippen molar-refractivity contribution in [3.05, 3.63) is 47.3 Å². The van der Waals surface area contributed by atoms with Gasteiger partial charge in [-0.1, -0.05) is 0 Å². The molecule has 4 aromatic rings. The molecule has 1 fully saturated rings. The van der Waals surface area contributed by atoms with E-state index in [0.717, 1.165) is 58.7 Å². The van der Waals surface area contributed by atoms with Gasteiger partial charge in [-0.05, 0) is 50.0 Å². The van der Waals surface area contributed by atoms with Crippen LogP contribution in [0.1, 0.15) is 22.5 Å². The molecule has 1 aliphatic rings. The van der Waals surface area contributed by atoms with Crippen LogP contribution in [0.5, 0.6) is 0 Å². The highest BCUT2D eigenvalue weighted by Crippen LogP contribution is 2.29. The lowest BCUT2D eigenvalue weighted by molar-refractivity contribution is 0.0921. The van der Waals surface area contributed by atoms with Crippen LogP contribution in [0.3, 0.4) is 0 Å². The van der Waals surface area contributed by atoms with Gasteiger partial charge in [-0.25, -0.2) is 9.50 Å². The van der Waals surface area contributed by atoms with Gasteiger partial charge in [0, 0.05) is 48.4 Å². The SMILES string of the molecule is CN1CCC(NC(=O)c2cc(-c3cnn4cc(-c5cnn(C)c5)cnc34)cs2)CC1. The van der Waals surface area contributed by atoms with Crippen molar-refractivity contribution < 1.29 is 4.79 Å². The average molecular weight is 422 g/mol. The van der Waals surface area contributed by atoms with Crippen LogP contribution in [0.2, 0.25) is 0 Å². The highest BCUT2D eigenvalue weighted by atomic mass is 32.1. The van der Waals surface area contributed by atoms with Gasteiger partial charge >= 0.3 is 0 Å². The molecule has 8 nitrogen and oxygen atoms in total. The van der Waals surface area contributed by atoms with E-state index in [4.69, 9.17) is 0 Å². The molecule has 0 radical (unpaired) electrons. The zero-order valence-corrected chi connectivity index (χ0v) is 17.8. The maximum Gasteiger partial charge on any atom is 0.261 e. The standard InChI is InChI=1S/C21H23N7OS/c1-26-5-3-17(4-6-26)25-21(29)19-7-14(13-30-19)18-10-24-28-12-15(8-22-20(18)28)16-9-23-27(2)11-16/h7-13,17H,3-6H2,1-2H3,(H,25,29). The number of rotatable bonds is 4. The number of hydrogen-bond acceptors (Lipinski definition) is 6. The Morgan fingerprint density at radius 2 is 1.87 bits per heavy atom. The molecule has 0 bridgehead atoms. The lowest BCUT2D eigenvalue weighted by Gasteiger charge is -2.29. The molecule has 154 valence electrons. The number of aryl methyl sites for hydroxylation is 1. The molecule has 1 aliphatic heterocycles. The molecule has 5 heterocycles. The monoisotopic (exact) mass is 421 g/mol. The third kappa shape index (κ3) is 3.61. The van der Waals surface area contributed by atoms with Crippen LogP contribution in [0.4, 0.5) is 0 Å². The predicted octanol–water partition coefficient (Wildman–Crippen LogP) is 2.68. The Hall–Kier alpha value is -3.04. The second-order valence-electron chi connectivity index (χ2n) is 7.82. The normalized spacial score (nSPS) is 15.7. The fourth-order valence-electron chi connectivity index (χ4n) is 3.80. The number of nitrogens with zero attached hydrogens (tertiary/aromatic N) is 6. The van der Waals surface area contributed by atoms with Gasteiger partial charge in [-0.3, -0.25) is 9.48 Å². The van der Waals surface area contributed by atoms with Gasteiger partial charge in [-0.2, -0.15) is 10.2 Å². The van der Waals surface area contributed by atoms with E-state index in [9.17, 15) is 4.79 Å². The largest absolute Gasteiger partial charge is 0.349 e. The van der Waals surface area contributed by atoms with E-state index < -0.39 is 0 Å². The summed E-state index contributed by atoms with van der Waals surface area (Å²) in [4.78, 5) is 20.3. The first-order valence-electron chi connectivity index (χ1n) is 9.97. The van der Waals surface area contributed by atoms with Gasteiger partial charge in [-0.15, -0.1) is 11.3 Å². The molecule has 1 saturated heterocycles. The third-order valence-electron chi connectivity index (χ3n) is 5.58. The van der Waals surface area contributed by atoms with Crippen molar-refractivity contribution in [2.24, 2.45) is 7.05 Å². The van der Waals surface area contributed by atoms with Gasteiger partial charge < -0.3 is 10.2 Å². The molecule has 9 heteroatoms. The molecule has 0 unspecified atom stereocenters. The molecule has 30 heavy (non-hydrogen) atoms. The molecule has 5 rings (SSSR count). The number of likely N-dealkylation sites (tertiary alicyclic amines) is 1. The van der Waals surface area contributed by atoms with Crippen LogP contribution in [-0.2, 0) is 7.05 Å². The number of carbonyl (C=O) groups excluding carboxylic acids is 1. The van der Waals surface area contributed by atoms with Crippen LogP contribution < -0.4 is 5.32 Å². The van der Waals surface area contributed by atoms with Crippen molar-refractivity contribution in [3.63, 3.8) is 0 Å². The predicted molar refractivity (Wildman–Crippen MR) is 116 cm³/mol. The maximum atomic E-state index is 12.7. The second-order valence-corrected chi connectivity index (χ2v) is 8.73. The van der Waals surface area contributed by atoms with Gasteiger partial charge in [0.15, 0.2) is 5.65 Å². The van der Waals surface area contributed by atoms with E-state index in [2.05, 4.69) is 32.4 Å². The lowest BCUT2D eigenvalue weighted by atomic mass is 10.1. The number of aromatic nitrogens is 5. The molecule has 1 amide bonds. The Balaban J connectivity index is 1.36. The molecule has 0 spiro atoms. The average Bonchev–Trinajstić information content (AvgIpc) is 3.48. The van der Waals surface area contributed by atoms with Gasteiger partial charge in [0.05, 0.1) is 17.3 Å². The number of amides is 1. The molecular weight excluding hydrogens is 398 g/mol. The first kappa shape index (κ1) is 19.0. The van der Waals surface area contributed by atoms with Crippen LogP contribution in [0, 0.1) is 0 Å². The first-order valence-corrected chi connectivity index (χ1v) is 10.9. The lowest BCUT2D eigenvalue weighted by Crippen LogP contribution is -2.43. The van der Waals surface area contributed by atoms with Gasteiger partial charge in [0.1, 0.15) is 0 Å². The third-order valence-corrected chi connectivity index (χ3v) is 6.51. The Morgan fingerprint density at radius 3 is 2.63 bits per heavy atom. The number of fused-ring (bicyclic) bond motifs is 1. The summed E-state index contributed by atoms with van der Waals surface area (Å²) in [6.45, 7) is 2.05. The van der Waals surface area contributed by atoms with Crippen molar-refractivity contribution in [2.75, 3.05) is 20.1 Å². The first-order chi connectivity index (χ1) is 14.6. The zero-order valence-electron chi connectivity index (χ0n) is 16.9. The van der Waals surface area contributed by atoms with E-state index in [1.54, 1.807) is 21.6 Å². The summed E-state index contributed by atoms with van der Waals surface area (Å²) in [6.07, 6.45) is 11.3. The fourth-order valence-corrected chi connectivity index (χ4v) is 4.61. The van der Waals surface area contributed by atoms with Crippen LogP contribution in [0.15, 0.2) is 42.4 Å². The van der Waals surface area contributed by atoms with Crippen LogP contribution in [0.25, 0.3) is 27.9 Å². The molecule has 1 N–H and O–H groups in total. The Labute approximate surface area is 178 Å². The summed E-state index contributed by atoms with van der Waals surface area (Å²) >= 11 is 1.46. The van der Waals surface area contributed by atoms with Crippen LogP contribution >= 0.6 is 11.3 Å². The van der Waals surface area contributed by atoms with Gasteiger partial charge in [0.2, 0.25) is 0 Å². The van der Waals surface area contributed by atoms with Crippen LogP contribution in [-0.4, -0.2) is 61.4 Å². The molecule has 0 atom stereocenters. The van der Waals surface area contributed by atoms with Crippen molar-refractivity contribution >= 4 is 22.9 Å². The minimum absolute atomic E-state index is 0.00380. The summed E-state index contributed by atoms with van der Waals surface area (Å²) in [5.74, 6) is 0.00380. The molecule has 0 aliphatic carbocycles. The van der Waals surface area contributed by atoms with Gasteiger partial charge in [0.25, 0.3) is 5.91 Å². The fraction of sp³-hybridized carbons (Fsp3) is 0.333. The summed E-state index contributed by atoms with van der Waals surface area (Å²) in [7, 11) is 4.01. The van der Waals surface area contributed by atoms with Crippen molar-refractivity contribution in [2.45, 2.75) is 18.9 Å². The van der Waals surface area contributed by atoms with E-state index >= 15 is 0 Å². The maximum absolute atomic E-state index is 12.7. The van der Waals surface area contributed by atoms with E-state index in [0.29, 0.717) is 0 Å². The highest BCUT2D eigenvalue weighted by molar-refractivity contribution is 7.12. The Bertz CT molecular complexity index is 1200. The number of carbonyl (C=O) groups is 1. The van der Waals surface area contributed by atoms with E-state index in [1.165, 1.54) is 11.3 Å². The topological polar surface area (TPSA) is 80.4 Å². The number of thiophene rings is 1. The molecular formula is C21H23N7OS. The number of hydrogen-bond donors (Lipinski definition) is 1. The Morgan fingerprint density at radius 1 is 1.07 bits per heavy atom. The zero-order chi connectivity index (χ0) is 20.7. The summed E-state index contributed by atoms with van der Waals surface area (Å²) in [6, 6.07) is 2.19. The van der Waals surface area contributed by atoms with Crippen molar-refractivity contribution in [1.82, 2.24) is 34.6 Å². The molecule has 0 aromatic carbocycles. The smallest absolute Gasteiger partial charge is 0.261 e. The summed E-state index contributed by atoms with van der Waals surface area (Å²) in [5, 5.41) is 13.9. The molecule has 4 aromatic heterocycles. The summed E-state index contributed by atoms with van der Waals surface area (Å²) < 4.78 is 3.53. The number of piperidine rings is 1.